The van der Waals surface area contributed by atoms with E-state index in [2.05, 4.69) is 31.4 Å². The van der Waals surface area contributed by atoms with Crippen molar-refractivity contribution in [2.45, 2.75) is 39.2 Å². The van der Waals surface area contributed by atoms with Gasteiger partial charge < -0.3 is 15.4 Å². The van der Waals surface area contributed by atoms with Crippen LogP contribution in [-0.4, -0.2) is 31.0 Å². The Morgan fingerprint density at radius 3 is 2.32 bits per heavy atom. The molecule has 0 spiro atoms. The van der Waals surface area contributed by atoms with Crippen molar-refractivity contribution in [1.29, 1.82) is 0 Å². The lowest BCUT2D eigenvalue weighted by Gasteiger charge is -2.19. The minimum Gasteiger partial charge on any atom is -0.488 e. The van der Waals surface area contributed by atoms with E-state index in [-0.39, 0.29) is 42.2 Å². The first-order valence-corrected chi connectivity index (χ1v) is 9.22. The number of hydrogen-bond donors (Lipinski definition) is 2. The van der Waals surface area contributed by atoms with Crippen molar-refractivity contribution < 1.29 is 18.7 Å². The fourth-order valence-corrected chi connectivity index (χ4v) is 2.53. The standard InChI is InChI=1S/C22H27FN2O3/c1-15(14-28-19-8-6-5-7-18(19)23)25-20(26)13-24-21(27)16-9-11-17(12-10-16)22(2,3)4/h5-12,15H,13-14H2,1-4H3,(H,24,27)(H,25,26). The summed E-state index contributed by atoms with van der Waals surface area (Å²) in [4.78, 5) is 24.2. The minimum absolute atomic E-state index is 0.00969. The summed E-state index contributed by atoms with van der Waals surface area (Å²) in [7, 11) is 0. The molecule has 2 aromatic rings. The lowest BCUT2D eigenvalue weighted by molar-refractivity contribution is -0.120. The molecule has 2 amide bonds. The molecule has 150 valence electrons. The Hall–Kier alpha value is -2.89. The van der Waals surface area contributed by atoms with Crippen LogP contribution in [0.2, 0.25) is 0 Å². The monoisotopic (exact) mass is 386 g/mol. The number of amides is 2. The molecule has 1 unspecified atom stereocenters. The number of hydrogen-bond acceptors (Lipinski definition) is 3. The topological polar surface area (TPSA) is 67.4 Å². The van der Waals surface area contributed by atoms with E-state index in [1.165, 1.54) is 12.1 Å². The van der Waals surface area contributed by atoms with Gasteiger partial charge in [0.15, 0.2) is 11.6 Å². The van der Waals surface area contributed by atoms with Gasteiger partial charge in [0.1, 0.15) is 6.61 Å². The van der Waals surface area contributed by atoms with Crippen LogP contribution in [-0.2, 0) is 10.2 Å². The van der Waals surface area contributed by atoms with Crippen LogP contribution in [0.25, 0.3) is 0 Å². The van der Waals surface area contributed by atoms with E-state index in [0.717, 1.165) is 5.56 Å². The zero-order valence-electron chi connectivity index (χ0n) is 16.7. The van der Waals surface area contributed by atoms with E-state index >= 15 is 0 Å². The highest BCUT2D eigenvalue weighted by molar-refractivity contribution is 5.96. The Balaban J connectivity index is 1.76. The van der Waals surface area contributed by atoms with Gasteiger partial charge in [0.05, 0.1) is 12.6 Å². The summed E-state index contributed by atoms with van der Waals surface area (Å²) in [5.74, 6) is -0.975. The summed E-state index contributed by atoms with van der Waals surface area (Å²) in [6.07, 6.45) is 0. The fourth-order valence-electron chi connectivity index (χ4n) is 2.53. The summed E-state index contributed by atoms with van der Waals surface area (Å²) < 4.78 is 18.9. The second-order valence-electron chi connectivity index (χ2n) is 7.72. The number of ether oxygens (including phenoxy) is 1. The van der Waals surface area contributed by atoms with Crippen LogP contribution >= 0.6 is 0 Å². The van der Waals surface area contributed by atoms with Crippen LogP contribution in [0.1, 0.15) is 43.6 Å². The molecule has 2 rings (SSSR count). The number of para-hydroxylation sites is 1. The molecule has 2 N–H and O–H groups in total. The van der Waals surface area contributed by atoms with Crippen molar-refractivity contribution in [3.63, 3.8) is 0 Å². The summed E-state index contributed by atoms with van der Waals surface area (Å²) in [5, 5.41) is 5.30. The molecule has 0 heterocycles. The predicted molar refractivity (Wildman–Crippen MR) is 107 cm³/mol. The predicted octanol–water partition coefficient (Wildman–Crippen LogP) is 3.44. The van der Waals surface area contributed by atoms with E-state index in [0.29, 0.717) is 5.56 Å². The molecule has 0 fully saturated rings. The third-order valence-corrected chi connectivity index (χ3v) is 4.16. The molecule has 0 aromatic heterocycles. The number of halogens is 1. The van der Waals surface area contributed by atoms with Gasteiger partial charge >= 0.3 is 0 Å². The number of benzene rings is 2. The summed E-state index contributed by atoms with van der Waals surface area (Å²) in [6.45, 7) is 8.01. The first-order chi connectivity index (χ1) is 13.2. The van der Waals surface area contributed by atoms with Crippen LogP contribution in [0.3, 0.4) is 0 Å². The number of carbonyl (C=O) groups excluding carboxylic acids is 2. The Labute approximate surface area is 165 Å². The first-order valence-electron chi connectivity index (χ1n) is 9.22. The smallest absolute Gasteiger partial charge is 0.251 e. The highest BCUT2D eigenvalue weighted by atomic mass is 19.1. The van der Waals surface area contributed by atoms with Gasteiger partial charge in [-0.25, -0.2) is 4.39 Å². The van der Waals surface area contributed by atoms with Gasteiger partial charge in [-0.3, -0.25) is 9.59 Å². The maximum atomic E-state index is 13.5. The van der Waals surface area contributed by atoms with Crippen LogP contribution < -0.4 is 15.4 Å². The molecule has 0 aliphatic heterocycles. The molecule has 0 bridgehead atoms. The average molecular weight is 386 g/mol. The molecule has 0 radical (unpaired) electrons. The van der Waals surface area contributed by atoms with E-state index < -0.39 is 5.82 Å². The molecule has 28 heavy (non-hydrogen) atoms. The largest absolute Gasteiger partial charge is 0.488 e. The molecule has 5 nitrogen and oxygen atoms in total. The molecule has 2 aromatic carbocycles. The lowest BCUT2D eigenvalue weighted by atomic mass is 9.87. The van der Waals surface area contributed by atoms with Crippen LogP contribution in [0.5, 0.6) is 5.75 Å². The molecule has 0 saturated heterocycles. The van der Waals surface area contributed by atoms with Gasteiger partial charge in [0, 0.05) is 5.56 Å². The average Bonchev–Trinajstić information content (AvgIpc) is 2.65. The molecule has 0 aliphatic carbocycles. The van der Waals surface area contributed by atoms with Gasteiger partial charge in [0.25, 0.3) is 5.91 Å². The van der Waals surface area contributed by atoms with Crippen LogP contribution in [0.15, 0.2) is 48.5 Å². The van der Waals surface area contributed by atoms with Crippen molar-refractivity contribution in [3.05, 3.63) is 65.5 Å². The maximum Gasteiger partial charge on any atom is 0.251 e. The van der Waals surface area contributed by atoms with E-state index in [1.807, 2.05) is 12.1 Å². The molecule has 1 atom stereocenters. The van der Waals surface area contributed by atoms with E-state index in [4.69, 9.17) is 4.74 Å². The van der Waals surface area contributed by atoms with Gasteiger partial charge in [-0.1, -0.05) is 45.0 Å². The normalized spacial score (nSPS) is 12.2. The molecule has 0 saturated carbocycles. The quantitative estimate of drug-likeness (QED) is 0.766. The number of rotatable bonds is 7. The number of nitrogens with one attached hydrogen (secondary N) is 2. The zero-order valence-corrected chi connectivity index (χ0v) is 16.7. The van der Waals surface area contributed by atoms with Gasteiger partial charge in [0.2, 0.25) is 5.91 Å². The highest BCUT2D eigenvalue weighted by Crippen LogP contribution is 2.22. The fraction of sp³-hybridized carbons (Fsp3) is 0.364. The molecular weight excluding hydrogens is 359 g/mol. The Kier molecular flexibility index (Phi) is 7.15. The molecule has 6 heteroatoms. The lowest BCUT2D eigenvalue weighted by Crippen LogP contribution is -2.43. The molecule has 0 aliphatic rings. The van der Waals surface area contributed by atoms with Crippen molar-refractivity contribution in [3.8, 4) is 5.75 Å². The Morgan fingerprint density at radius 1 is 1.07 bits per heavy atom. The van der Waals surface area contributed by atoms with Crippen molar-refractivity contribution in [2.75, 3.05) is 13.2 Å². The third-order valence-electron chi connectivity index (χ3n) is 4.16. The Bertz CT molecular complexity index is 813. The second kappa shape index (κ2) is 9.35. The minimum atomic E-state index is -0.453. The Morgan fingerprint density at radius 2 is 1.71 bits per heavy atom. The summed E-state index contributed by atoms with van der Waals surface area (Å²) >= 11 is 0. The highest BCUT2D eigenvalue weighted by Gasteiger charge is 2.15. The molecular formula is C22H27FN2O3. The SMILES string of the molecule is CC(COc1ccccc1F)NC(=O)CNC(=O)c1ccc(C(C)(C)C)cc1. The van der Waals surface area contributed by atoms with Gasteiger partial charge in [-0.15, -0.1) is 0 Å². The van der Waals surface area contributed by atoms with Crippen molar-refractivity contribution >= 4 is 11.8 Å². The van der Waals surface area contributed by atoms with E-state index in [1.54, 1.807) is 31.2 Å². The zero-order chi connectivity index (χ0) is 20.7. The van der Waals surface area contributed by atoms with Crippen molar-refractivity contribution in [1.82, 2.24) is 10.6 Å². The first kappa shape index (κ1) is 21.4. The van der Waals surface area contributed by atoms with Gasteiger partial charge in [-0.05, 0) is 42.2 Å². The van der Waals surface area contributed by atoms with Crippen LogP contribution in [0.4, 0.5) is 4.39 Å². The third kappa shape index (κ3) is 6.37. The van der Waals surface area contributed by atoms with Crippen LogP contribution in [0, 0.1) is 5.82 Å². The van der Waals surface area contributed by atoms with E-state index in [9.17, 15) is 14.0 Å². The van der Waals surface area contributed by atoms with Crippen molar-refractivity contribution in [2.24, 2.45) is 0 Å². The summed E-state index contributed by atoms with van der Waals surface area (Å²) in [5.41, 5.74) is 1.64. The second-order valence-corrected chi connectivity index (χ2v) is 7.72. The number of carbonyl (C=O) groups is 2. The summed E-state index contributed by atoms with van der Waals surface area (Å²) in [6, 6.07) is 13.1. The van der Waals surface area contributed by atoms with Gasteiger partial charge in [-0.2, -0.15) is 0 Å². The maximum absolute atomic E-state index is 13.5.